The zero-order valence-electron chi connectivity index (χ0n) is 13.7. The Morgan fingerprint density at radius 3 is 2.52 bits per heavy atom. The summed E-state index contributed by atoms with van der Waals surface area (Å²) in [5.74, 6) is 0.869. The van der Waals surface area contributed by atoms with Crippen LogP contribution >= 0.6 is 11.8 Å². The zero-order valence-corrected chi connectivity index (χ0v) is 14.6. The molecule has 1 aromatic rings. The molecule has 23 heavy (non-hydrogen) atoms. The van der Waals surface area contributed by atoms with E-state index in [2.05, 4.69) is 36.9 Å². The Hall–Kier alpha value is -1.69. The fourth-order valence-corrected chi connectivity index (χ4v) is 3.93. The smallest absolute Gasteiger partial charge is 0.282 e. The number of anilines is 1. The SMILES string of the molecule is Cc1cccc(N2CCN(C(=O)CN3CCSC3=O)CC2)c1C. The van der Waals surface area contributed by atoms with Crippen molar-refractivity contribution < 1.29 is 9.59 Å². The fraction of sp³-hybridized carbons (Fsp3) is 0.529. The molecule has 0 unspecified atom stereocenters. The molecule has 0 N–H and O–H groups in total. The predicted molar refractivity (Wildman–Crippen MR) is 94.1 cm³/mol. The van der Waals surface area contributed by atoms with Crippen LogP contribution in [0.25, 0.3) is 0 Å². The van der Waals surface area contributed by atoms with Crippen LogP contribution in [0.3, 0.4) is 0 Å². The van der Waals surface area contributed by atoms with Crippen LogP contribution in [-0.4, -0.2) is 66.0 Å². The number of piperazine rings is 1. The molecule has 2 heterocycles. The third-order valence-electron chi connectivity index (χ3n) is 4.72. The van der Waals surface area contributed by atoms with Gasteiger partial charge in [-0.05, 0) is 31.0 Å². The highest BCUT2D eigenvalue weighted by Gasteiger charge is 2.27. The van der Waals surface area contributed by atoms with E-state index < -0.39 is 0 Å². The Morgan fingerprint density at radius 1 is 1.13 bits per heavy atom. The number of nitrogens with zero attached hydrogens (tertiary/aromatic N) is 3. The summed E-state index contributed by atoms with van der Waals surface area (Å²) in [7, 11) is 0. The van der Waals surface area contributed by atoms with Crippen molar-refractivity contribution in [2.45, 2.75) is 13.8 Å². The van der Waals surface area contributed by atoms with E-state index in [1.54, 1.807) is 4.90 Å². The first-order valence-corrected chi connectivity index (χ1v) is 9.05. The highest BCUT2D eigenvalue weighted by Crippen LogP contribution is 2.24. The molecule has 2 amide bonds. The molecular weight excluding hydrogens is 310 g/mol. The molecule has 2 aliphatic heterocycles. The largest absolute Gasteiger partial charge is 0.368 e. The molecular formula is C17H23N3O2S. The molecule has 0 saturated carbocycles. The number of thioether (sulfide) groups is 1. The standard InChI is InChI=1S/C17H23N3O2S/c1-13-4-3-5-15(14(13)2)18-6-8-19(9-7-18)16(21)12-20-10-11-23-17(20)22/h3-5H,6-12H2,1-2H3. The van der Waals surface area contributed by atoms with Gasteiger partial charge in [-0.2, -0.15) is 0 Å². The van der Waals surface area contributed by atoms with Gasteiger partial charge in [0.1, 0.15) is 6.54 Å². The summed E-state index contributed by atoms with van der Waals surface area (Å²) in [4.78, 5) is 29.9. The van der Waals surface area contributed by atoms with E-state index in [1.165, 1.54) is 28.6 Å². The van der Waals surface area contributed by atoms with Crippen LogP contribution in [0, 0.1) is 13.8 Å². The number of aryl methyl sites for hydroxylation is 1. The molecule has 0 bridgehead atoms. The normalized spacial score (nSPS) is 18.7. The van der Waals surface area contributed by atoms with Gasteiger partial charge in [0.05, 0.1) is 0 Å². The van der Waals surface area contributed by atoms with Crippen molar-refractivity contribution in [3.8, 4) is 0 Å². The number of hydrogen-bond acceptors (Lipinski definition) is 4. The van der Waals surface area contributed by atoms with E-state index in [1.807, 2.05) is 4.90 Å². The topological polar surface area (TPSA) is 43.9 Å². The van der Waals surface area contributed by atoms with E-state index >= 15 is 0 Å². The second-order valence-corrected chi connectivity index (χ2v) is 7.17. The lowest BCUT2D eigenvalue weighted by molar-refractivity contribution is -0.131. The van der Waals surface area contributed by atoms with Crippen molar-refractivity contribution in [1.82, 2.24) is 9.80 Å². The monoisotopic (exact) mass is 333 g/mol. The van der Waals surface area contributed by atoms with Crippen molar-refractivity contribution >= 4 is 28.6 Å². The molecule has 0 atom stereocenters. The number of rotatable bonds is 3. The second-order valence-electron chi connectivity index (χ2n) is 6.12. The highest BCUT2D eigenvalue weighted by molar-refractivity contribution is 8.13. The van der Waals surface area contributed by atoms with Gasteiger partial charge >= 0.3 is 0 Å². The van der Waals surface area contributed by atoms with Gasteiger partial charge in [-0.25, -0.2) is 0 Å². The first kappa shape index (κ1) is 16.2. The van der Waals surface area contributed by atoms with Gasteiger partial charge < -0.3 is 14.7 Å². The van der Waals surface area contributed by atoms with Crippen molar-refractivity contribution in [3.63, 3.8) is 0 Å². The summed E-state index contributed by atoms with van der Waals surface area (Å²) in [5.41, 5.74) is 3.88. The number of hydrogen-bond donors (Lipinski definition) is 0. The maximum Gasteiger partial charge on any atom is 0.282 e. The summed E-state index contributed by atoms with van der Waals surface area (Å²) in [6.07, 6.45) is 0. The Kier molecular flexibility index (Phi) is 4.80. The highest BCUT2D eigenvalue weighted by atomic mass is 32.2. The lowest BCUT2D eigenvalue weighted by atomic mass is 10.1. The van der Waals surface area contributed by atoms with E-state index in [9.17, 15) is 9.59 Å². The van der Waals surface area contributed by atoms with Gasteiger partial charge in [-0.1, -0.05) is 23.9 Å². The van der Waals surface area contributed by atoms with Crippen LogP contribution in [0.2, 0.25) is 0 Å². The third kappa shape index (κ3) is 3.47. The van der Waals surface area contributed by atoms with E-state index in [4.69, 9.17) is 0 Å². The first-order chi connectivity index (χ1) is 11.1. The molecule has 2 fully saturated rings. The fourth-order valence-electron chi connectivity index (χ4n) is 3.11. The van der Waals surface area contributed by atoms with Gasteiger partial charge in [-0.15, -0.1) is 0 Å². The minimum atomic E-state index is 0.0346. The third-order valence-corrected chi connectivity index (χ3v) is 5.61. The predicted octanol–water partition coefficient (Wildman–Crippen LogP) is 2.12. The summed E-state index contributed by atoms with van der Waals surface area (Å²) < 4.78 is 0. The zero-order chi connectivity index (χ0) is 16.4. The van der Waals surface area contributed by atoms with Crippen LogP contribution < -0.4 is 4.90 Å². The van der Waals surface area contributed by atoms with Gasteiger partial charge in [0, 0.05) is 44.2 Å². The van der Waals surface area contributed by atoms with Crippen molar-refractivity contribution in [2.24, 2.45) is 0 Å². The molecule has 1 aromatic carbocycles. The van der Waals surface area contributed by atoms with Gasteiger partial charge in [-0.3, -0.25) is 9.59 Å². The molecule has 3 rings (SSSR count). The van der Waals surface area contributed by atoms with Crippen molar-refractivity contribution in [1.29, 1.82) is 0 Å². The van der Waals surface area contributed by atoms with Crippen LogP contribution in [-0.2, 0) is 4.79 Å². The van der Waals surface area contributed by atoms with Crippen molar-refractivity contribution in [3.05, 3.63) is 29.3 Å². The van der Waals surface area contributed by atoms with Gasteiger partial charge in [0.15, 0.2) is 0 Å². The summed E-state index contributed by atoms with van der Waals surface area (Å²) in [6.45, 7) is 8.34. The Labute approximate surface area is 141 Å². The lowest BCUT2D eigenvalue weighted by Crippen LogP contribution is -2.51. The van der Waals surface area contributed by atoms with Crippen LogP contribution in [0.1, 0.15) is 11.1 Å². The Bertz CT molecular complexity index is 612. The Morgan fingerprint density at radius 2 is 1.87 bits per heavy atom. The average molecular weight is 333 g/mol. The van der Waals surface area contributed by atoms with Crippen LogP contribution in [0.5, 0.6) is 0 Å². The minimum absolute atomic E-state index is 0.0346. The van der Waals surface area contributed by atoms with E-state index in [0.29, 0.717) is 6.54 Å². The molecule has 0 aromatic heterocycles. The molecule has 124 valence electrons. The first-order valence-electron chi connectivity index (χ1n) is 8.07. The maximum atomic E-state index is 12.4. The lowest BCUT2D eigenvalue weighted by Gasteiger charge is -2.37. The number of carbonyl (C=O) groups excluding carboxylic acids is 2. The number of carbonyl (C=O) groups is 2. The van der Waals surface area contributed by atoms with Crippen LogP contribution in [0.4, 0.5) is 10.5 Å². The molecule has 0 radical (unpaired) electrons. The molecule has 0 aliphatic carbocycles. The molecule has 2 aliphatic rings. The maximum absolute atomic E-state index is 12.4. The number of benzene rings is 1. The van der Waals surface area contributed by atoms with Crippen LogP contribution in [0.15, 0.2) is 18.2 Å². The number of amides is 2. The van der Waals surface area contributed by atoms with Gasteiger partial charge in [0.25, 0.3) is 5.24 Å². The summed E-state index contributed by atoms with van der Waals surface area (Å²) >= 11 is 1.30. The second kappa shape index (κ2) is 6.83. The Balaban J connectivity index is 1.56. The van der Waals surface area contributed by atoms with Crippen molar-refractivity contribution in [2.75, 3.05) is 49.9 Å². The molecule has 2 saturated heterocycles. The minimum Gasteiger partial charge on any atom is -0.368 e. The quantitative estimate of drug-likeness (QED) is 0.850. The van der Waals surface area contributed by atoms with E-state index in [0.717, 1.165) is 31.9 Å². The summed E-state index contributed by atoms with van der Waals surface area (Å²) in [5, 5.41) is 0.0346. The van der Waals surface area contributed by atoms with E-state index in [-0.39, 0.29) is 17.7 Å². The average Bonchev–Trinajstić information content (AvgIpc) is 2.95. The molecule has 5 nitrogen and oxygen atoms in total. The summed E-state index contributed by atoms with van der Waals surface area (Å²) in [6, 6.07) is 6.37. The van der Waals surface area contributed by atoms with Gasteiger partial charge in [0.2, 0.25) is 5.91 Å². The molecule has 6 heteroatoms. The molecule has 0 spiro atoms.